The molecule has 0 spiro atoms. The van der Waals surface area contributed by atoms with Crippen LogP contribution in [0.2, 0.25) is 0 Å². The standard InChI is InChI=1S/C4H8O2S/c1-2-3-4-7(5)6/h3-4H,2H2,1H3,(H,5,6)/b4-3-. The molecule has 0 aliphatic carbocycles. The van der Waals surface area contributed by atoms with Crippen LogP contribution in [0.5, 0.6) is 0 Å². The van der Waals surface area contributed by atoms with Crippen molar-refractivity contribution in [2.75, 3.05) is 0 Å². The average Bonchev–Trinajstić information content (AvgIpc) is 1.61. The van der Waals surface area contributed by atoms with Crippen LogP contribution in [0, 0.1) is 0 Å². The van der Waals surface area contributed by atoms with E-state index in [1.807, 2.05) is 6.92 Å². The molecule has 0 bridgehead atoms. The second kappa shape index (κ2) is 4.02. The van der Waals surface area contributed by atoms with Gasteiger partial charge in [-0.05, 0) is 6.42 Å². The first-order valence-electron chi connectivity index (χ1n) is 2.03. The monoisotopic (exact) mass is 120 g/mol. The summed E-state index contributed by atoms with van der Waals surface area (Å²) in [4.78, 5) is 0. The summed E-state index contributed by atoms with van der Waals surface area (Å²) in [5.74, 6) is 0. The fraction of sp³-hybridized carbons (Fsp3) is 0.500. The van der Waals surface area contributed by atoms with Crippen molar-refractivity contribution in [3.8, 4) is 0 Å². The molecular formula is C4H8O2S. The van der Waals surface area contributed by atoms with Gasteiger partial charge in [0.15, 0.2) is 11.1 Å². The molecule has 0 aromatic carbocycles. The summed E-state index contributed by atoms with van der Waals surface area (Å²) < 4.78 is 17.9. The Morgan fingerprint density at radius 2 is 2.43 bits per heavy atom. The minimum atomic E-state index is -1.75. The maximum Gasteiger partial charge on any atom is 0.178 e. The highest BCUT2D eigenvalue weighted by atomic mass is 32.2. The number of hydrogen-bond acceptors (Lipinski definition) is 1. The molecule has 1 atom stereocenters. The Balaban J connectivity index is 3.26. The summed E-state index contributed by atoms with van der Waals surface area (Å²) in [7, 11) is 0. The number of rotatable bonds is 2. The van der Waals surface area contributed by atoms with Crippen molar-refractivity contribution >= 4 is 11.1 Å². The molecule has 7 heavy (non-hydrogen) atoms. The molecule has 0 radical (unpaired) electrons. The number of hydrogen-bond donors (Lipinski definition) is 1. The zero-order valence-corrected chi connectivity index (χ0v) is 4.94. The van der Waals surface area contributed by atoms with E-state index in [1.54, 1.807) is 6.08 Å². The molecule has 42 valence electrons. The van der Waals surface area contributed by atoms with E-state index in [0.717, 1.165) is 6.42 Å². The molecule has 1 N–H and O–H groups in total. The van der Waals surface area contributed by atoms with Crippen molar-refractivity contribution < 1.29 is 8.76 Å². The van der Waals surface area contributed by atoms with E-state index < -0.39 is 11.1 Å². The largest absolute Gasteiger partial charge is 0.303 e. The third-order valence-electron chi connectivity index (χ3n) is 0.448. The molecule has 0 saturated carbocycles. The predicted octanol–water partition coefficient (Wildman–Crippen LogP) is 1.13. The third-order valence-corrected chi connectivity index (χ3v) is 0.874. The third kappa shape index (κ3) is 5.85. The Hall–Kier alpha value is -0.150. The van der Waals surface area contributed by atoms with Gasteiger partial charge in [-0.2, -0.15) is 0 Å². The van der Waals surface area contributed by atoms with Crippen LogP contribution in [0.3, 0.4) is 0 Å². The summed E-state index contributed by atoms with van der Waals surface area (Å²) in [5.41, 5.74) is 0. The van der Waals surface area contributed by atoms with Gasteiger partial charge in [0.2, 0.25) is 0 Å². The van der Waals surface area contributed by atoms with Crippen LogP contribution >= 0.6 is 0 Å². The van der Waals surface area contributed by atoms with E-state index in [4.69, 9.17) is 4.55 Å². The molecule has 3 heteroatoms. The van der Waals surface area contributed by atoms with Crippen molar-refractivity contribution in [1.82, 2.24) is 0 Å². The molecular weight excluding hydrogens is 112 g/mol. The van der Waals surface area contributed by atoms with Crippen LogP contribution in [-0.4, -0.2) is 8.76 Å². The lowest BCUT2D eigenvalue weighted by Crippen LogP contribution is -1.74. The average molecular weight is 120 g/mol. The molecule has 0 aromatic heterocycles. The van der Waals surface area contributed by atoms with Gasteiger partial charge in [0.05, 0.1) is 0 Å². The summed E-state index contributed by atoms with van der Waals surface area (Å²) in [6.07, 6.45) is 2.46. The maximum absolute atomic E-state index is 9.78. The van der Waals surface area contributed by atoms with Gasteiger partial charge in [0, 0.05) is 5.41 Å². The van der Waals surface area contributed by atoms with Crippen molar-refractivity contribution in [2.45, 2.75) is 13.3 Å². The van der Waals surface area contributed by atoms with Gasteiger partial charge in [-0.1, -0.05) is 13.0 Å². The van der Waals surface area contributed by atoms with Crippen LogP contribution in [0.25, 0.3) is 0 Å². The first kappa shape index (κ1) is 6.85. The van der Waals surface area contributed by atoms with Gasteiger partial charge in [0.25, 0.3) is 0 Å². The van der Waals surface area contributed by atoms with Gasteiger partial charge >= 0.3 is 0 Å². The maximum atomic E-state index is 9.78. The van der Waals surface area contributed by atoms with E-state index >= 15 is 0 Å². The molecule has 0 aromatic rings. The SMILES string of the molecule is CC/C=C\S(=O)O. The highest BCUT2D eigenvalue weighted by Crippen LogP contribution is 1.80. The highest BCUT2D eigenvalue weighted by Gasteiger charge is 1.75. The normalized spacial score (nSPS) is 15.1. The molecule has 1 unspecified atom stereocenters. The summed E-state index contributed by atoms with van der Waals surface area (Å²) in [5, 5.41) is 1.25. The van der Waals surface area contributed by atoms with Crippen LogP contribution in [0.4, 0.5) is 0 Å². The minimum absolute atomic E-state index is 0.812. The summed E-state index contributed by atoms with van der Waals surface area (Å²) in [6.45, 7) is 1.91. The first-order valence-corrected chi connectivity index (χ1v) is 3.20. The second-order valence-corrected chi connectivity index (χ2v) is 1.88. The lowest BCUT2D eigenvalue weighted by molar-refractivity contribution is 0.574. The van der Waals surface area contributed by atoms with Crippen molar-refractivity contribution in [3.63, 3.8) is 0 Å². The molecule has 0 rings (SSSR count). The van der Waals surface area contributed by atoms with E-state index in [-0.39, 0.29) is 0 Å². The molecule has 0 amide bonds. The lowest BCUT2D eigenvalue weighted by Gasteiger charge is -1.74. The Kier molecular flexibility index (Phi) is 3.93. The predicted molar refractivity (Wildman–Crippen MR) is 30.2 cm³/mol. The van der Waals surface area contributed by atoms with E-state index in [9.17, 15) is 4.21 Å². The van der Waals surface area contributed by atoms with Gasteiger partial charge in [-0.3, -0.25) is 0 Å². The van der Waals surface area contributed by atoms with E-state index in [2.05, 4.69) is 0 Å². The zero-order chi connectivity index (χ0) is 5.70. The van der Waals surface area contributed by atoms with Crippen LogP contribution in [-0.2, 0) is 11.1 Å². The molecule has 2 nitrogen and oxygen atoms in total. The molecule has 0 aliphatic heterocycles. The van der Waals surface area contributed by atoms with Gasteiger partial charge < -0.3 is 4.55 Å². The Morgan fingerprint density at radius 3 is 2.57 bits per heavy atom. The van der Waals surface area contributed by atoms with Crippen molar-refractivity contribution in [2.24, 2.45) is 0 Å². The zero-order valence-electron chi connectivity index (χ0n) is 4.13. The summed E-state index contributed by atoms with van der Waals surface area (Å²) in [6, 6.07) is 0. The number of allylic oxidation sites excluding steroid dienone is 1. The smallest absolute Gasteiger partial charge is 0.178 e. The van der Waals surface area contributed by atoms with E-state index in [1.165, 1.54) is 5.41 Å². The highest BCUT2D eigenvalue weighted by molar-refractivity contribution is 7.82. The summed E-state index contributed by atoms with van der Waals surface area (Å²) >= 11 is -1.75. The van der Waals surface area contributed by atoms with Crippen LogP contribution < -0.4 is 0 Å². The fourth-order valence-corrected chi connectivity index (χ4v) is 0.536. The second-order valence-electron chi connectivity index (χ2n) is 1.06. The van der Waals surface area contributed by atoms with Crippen LogP contribution in [0.15, 0.2) is 11.5 Å². The van der Waals surface area contributed by atoms with Gasteiger partial charge in [-0.25, -0.2) is 4.21 Å². The molecule has 0 fully saturated rings. The minimum Gasteiger partial charge on any atom is -0.303 e. The molecule has 0 aliphatic rings. The molecule has 0 saturated heterocycles. The first-order chi connectivity index (χ1) is 3.27. The Morgan fingerprint density at radius 1 is 1.86 bits per heavy atom. The van der Waals surface area contributed by atoms with E-state index in [0.29, 0.717) is 0 Å². The van der Waals surface area contributed by atoms with Gasteiger partial charge in [0.1, 0.15) is 0 Å². The van der Waals surface area contributed by atoms with Crippen molar-refractivity contribution in [3.05, 3.63) is 11.5 Å². The van der Waals surface area contributed by atoms with Crippen molar-refractivity contribution in [1.29, 1.82) is 0 Å². The lowest BCUT2D eigenvalue weighted by atomic mass is 10.5. The van der Waals surface area contributed by atoms with Gasteiger partial charge in [-0.15, -0.1) is 0 Å². The Labute approximate surface area is 45.5 Å². The quantitative estimate of drug-likeness (QED) is 0.555. The Bertz CT molecular complexity index is 87.7. The fourth-order valence-electron chi connectivity index (χ4n) is 0.179. The molecule has 0 heterocycles. The van der Waals surface area contributed by atoms with Crippen LogP contribution in [0.1, 0.15) is 13.3 Å². The topological polar surface area (TPSA) is 37.3 Å².